The van der Waals surface area contributed by atoms with Gasteiger partial charge in [0.1, 0.15) is 16.2 Å². The van der Waals surface area contributed by atoms with E-state index < -0.39 is 0 Å². The summed E-state index contributed by atoms with van der Waals surface area (Å²) in [5, 5.41) is 0. The lowest BCUT2D eigenvalue weighted by Gasteiger charge is -1.93. The highest BCUT2D eigenvalue weighted by Gasteiger charge is 2.08. The summed E-state index contributed by atoms with van der Waals surface area (Å²) in [4.78, 5) is 4.14. The molecule has 1 aromatic heterocycles. The van der Waals surface area contributed by atoms with Gasteiger partial charge >= 0.3 is 0 Å². The minimum absolute atomic E-state index is 0.268. The molecule has 0 aliphatic carbocycles. The number of oxazole rings is 1. The largest absolute Gasteiger partial charge is 0.440 e. The zero-order chi connectivity index (χ0) is 10.1. The van der Waals surface area contributed by atoms with Crippen LogP contribution in [0.2, 0.25) is 0 Å². The molecule has 0 amide bonds. The van der Waals surface area contributed by atoms with E-state index in [0.717, 1.165) is 5.56 Å². The third-order valence-electron chi connectivity index (χ3n) is 1.83. The Balaban J connectivity index is 2.44. The molecule has 0 bridgehead atoms. The van der Waals surface area contributed by atoms with Crippen molar-refractivity contribution < 1.29 is 8.81 Å². The van der Waals surface area contributed by atoms with Crippen molar-refractivity contribution in [2.75, 3.05) is 0 Å². The molecular weight excluding hydrogens is 249 g/mol. The second kappa shape index (κ2) is 3.53. The van der Waals surface area contributed by atoms with Crippen LogP contribution in [0.4, 0.5) is 4.39 Å². The topological polar surface area (TPSA) is 26.0 Å². The standard InChI is InChI=1S/C10H7BrFNO/c1-6-9(11)13-10(14-6)7-2-4-8(12)5-3-7/h2-5H,1H3. The molecule has 0 saturated carbocycles. The van der Waals surface area contributed by atoms with Crippen molar-refractivity contribution in [3.05, 3.63) is 40.4 Å². The van der Waals surface area contributed by atoms with Gasteiger partial charge < -0.3 is 4.42 Å². The van der Waals surface area contributed by atoms with Gasteiger partial charge in [-0.25, -0.2) is 9.37 Å². The summed E-state index contributed by atoms with van der Waals surface area (Å²) in [6, 6.07) is 6.02. The fourth-order valence-electron chi connectivity index (χ4n) is 1.09. The van der Waals surface area contributed by atoms with Crippen molar-refractivity contribution in [3.8, 4) is 11.5 Å². The van der Waals surface area contributed by atoms with E-state index in [1.165, 1.54) is 12.1 Å². The van der Waals surface area contributed by atoms with Crippen molar-refractivity contribution in [2.45, 2.75) is 6.92 Å². The van der Waals surface area contributed by atoms with Crippen molar-refractivity contribution in [1.29, 1.82) is 0 Å². The second-order valence-corrected chi connectivity index (χ2v) is 3.62. The first-order chi connectivity index (χ1) is 6.66. The monoisotopic (exact) mass is 255 g/mol. The maximum Gasteiger partial charge on any atom is 0.227 e. The van der Waals surface area contributed by atoms with Gasteiger partial charge in [-0.15, -0.1) is 0 Å². The molecule has 0 unspecified atom stereocenters. The van der Waals surface area contributed by atoms with Crippen LogP contribution in [0.5, 0.6) is 0 Å². The van der Waals surface area contributed by atoms with Crippen LogP contribution in [-0.2, 0) is 0 Å². The van der Waals surface area contributed by atoms with E-state index >= 15 is 0 Å². The summed E-state index contributed by atoms with van der Waals surface area (Å²) in [6.07, 6.45) is 0. The van der Waals surface area contributed by atoms with E-state index in [0.29, 0.717) is 16.3 Å². The van der Waals surface area contributed by atoms with Gasteiger partial charge in [0.15, 0.2) is 0 Å². The minimum atomic E-state index is -0.268. The number of hydrogen-bond donors (Lipinski definition) is 0. The van der Waals surface area contributed by atoms with Crippen LogP contribution in [-0.4, -0.2) is 4.98 Å². The van der Waals surface area contributed by atoms with E-state index in [1.807, 2.05) is 6.92 Å². The Bertz CT molecular complexity index is 430. The van der Waals surface area contributed by atoms with Crippen molar-refractivity contribution in [1.82, 2.24) is 4.98 Å². The molecule has 0 fully saturated rings. The van der Waals surface area contributed by atoms with Crippen molar-refractivity contribution in [2.24, 2.45) is 0 Å². The molecule has 1 aromatic carbocycles. The molecule has 2 nitrogen and oxygen atoms in total. The number of hydrogen-bond acceptors (Lipinski definition) is 2. The molecule has 2 rings (SSSR count). The van der Waals surface area contributed by atoms with Gasteiger partial charge in [-0.2, -0.15) is 0 Å². The highest BCUT2D eigenvalue weighted by molar-refractivity contribution is 9.10. The van der Waals surface area contributed by atoms with Gasteiger partial charge in [0.05, 0.1) is 0 Å². The summed E-state index contributed by atoms with van der Waals surface area (Å²) in [5.41, 5.74) is 0.764. The predicted molar refractivity (Wildman–Crippen MR) is 54.3 cm³/mol. The van der Waals surface area contributed by atoms with Gasteiger partial charge in [0, 0.05) is 5.56 Å². The molecule has 0 N–H and O–H groups in total. The van der Waals surface area contributed by atoms with Crippen LogP contribution in [0.25, 0.3) is 11.5 Å². The Morgan fingerprint density at radius 2 is 1.93 bits per heavy atom. The highest BCUT2D eigenvalue weighted by atomic mass is 79.9. The summed E-state index contributed by atoms with van der Waals surface area (Å²) < 4.78 is 18.7. The first kappa shape index (κ1) is 9.40. The van der Waals surface area contributed by atoms with Crippen LogP contribution >= 0.6 is 15.9 Å². The fraction of sp³-hybridized carbons (Fsp3) is 0.100. The average molecular weight is 256 g/mol. The lowest BCUT2D eigenvalue weighted by molar-refractivity contribution is 0.541. The Morgan fingerprint density at radius 1 is 1.29 bits per heavy atom. The molecule has 0 aliphatic rings. The molecule has 0 aliphatic heterocycles. The van der Waals surface area contributed by atoms with Crippen molar-refractivity contribution >= 4 is 15.9 Å². The third-order valence-corrected chi connectivity index (χ3v) is 2.57. The maximum atomic E-state index is 12.6. The smallest absolute Gasteiger partial charge is 0.227 e. The zero-order valence-corrected chi connectivity index (χ0v) is 9.01. The number of aryl methyl sites for hydroxylation is 1. The number of aromatic nitrogens is 1. The summed E-state index contributed by atoms with van der Waals surface area (Å²) in [5.74, 6) is 0.940. The summed E-state index contributed by atoms with van der Waals surface area (Å²) in [6.45, 7) is 1.81. The van der Waals surface area contributed by atoms with Crippen LogP contribution in [0.15, 0.2) is 33.3 Å². The molecule has 1 heterocycles. The highest BCUT2D eigenvalue weighted by Crippen LogP contribution is 2.24. The molecule has 0 spiro atoms. The number of nitrogens with zero attached hydrogens (tertiary/aromatic N) is 1. The SMILES string of the molecule is Cc1oc(-c2ccc(F)cc2)nc1Br. The van der Waals surface area contributed by atoms with Crippen LogP contribution < -0.4 is 0 Å². The molecule has 72 valence electrons. The molecule has 0 radical (unpaired) electrons. The van der Waals surface area contributed by atoms with Crippen molar-refractivity contribution in [3.63, 3.8) is 0 Å². The van der Waals surface area contributed by atoms with E-state index in [9.17, 15) is 4.39 Å². The quantitative estimate of drug-likeness (QED) is 0.779. The molecule has 0 saturated heterocycles. The lowest BCUT2D eigenvalue weighted by atomic mass is 10.2. The molecule has 4 heteroatoms. The number of benzene rings is 1. The predicted octanol–water partition coefficient (Wildman–Crippen LogP) is 3.55. The Labute approximate surface area is 88.9 Å². The molecule has 2 aromatic rings. The normalized spacial score (nSPS) is 10.5. The van der Waals surface area contributed by atoms with Gasteiger partial charge in [-0.3, -0.25) is 0 Å². The lowest BCUT2D eigenvalue weighted by Crippen LogP contribution is -1.77. The van der Waals surface area contributed by atoms with E-state index in [2.05, 4.69) is 20.9 Å². The minimum Gasteiger partial charge on any atom is -0.440 e. The van der Waals surface area contributed by atoms with Crippen LogP contribution in [0.3, 0.4) is 0 Å². The van der Waals surface area contributed by atoms with Gasteiger partial charge in [-0.05, 0) is 47.1 Å². The van der Waals surface area contributed by atoms with Gasteiger partial charge in [0.2, 0.25) is 5.89 Å². The molecule has 14 heavy (non-hydrogen) atoms. The molecular formula is C10H7BrFNO. The molecule has 0 atom stereocenters. The Kier molecular flexibility index (Phi) is 2.37. The second-order valence-electron chi connectivity index (χ2n) is 2.87. The van der Waals surface area contributed by atoms with Gasteiger partial charge in [0.25, 0.3) is 0 Å². The van der Waals surface area contributed by atoms with E-state index in [4.69, 9.17) is 4.42 Å². The Hall–Kier alpha value is -1.16. The third kappa shape index (κ3) is 1.70. The number of halogens is 2. The van der Waals surface area contributed by atoms with E-state index in [-0.39, 0.29) is 5.82 Å². The number of rotatable bonds is 1. The fourth-order valence-corrected chi connectivity index (χ4v) is 1.34. The zero-order valence-electron chi connectivity index (χ0n) is 7.42. The summed E-state index contributed by atoms with van der Waals surface area (Å²) in [7, 11) is 0. The van der Waals surface area contributed by atoms with E-state index in [1.54, 1.807) is 12.1 Å². The summed E-state index contributed by atoms with van der Waals surface area (Å²) >= 11 is 3.25. The Morgan fingerprint density at radius 3 is 2.43 bits per heavy atom. The first-order valence-electron chi connectivity index (χ1n) is 4.05. The van der Waals surface area contributed by atoms with Crippen LogP contribution in [0.1, 0.15) is 5.76 Å². The average Bonchev–Trinajstić information content (AvgIpc) is 2.48. The van der Waals surface area contributed by atoms with Gasteiger partial charge in [-0.1, -0.05) is 0 Å². The maximum absolute atomic E-state index is 12.6. The van der Waals surface area contributed by atoms with Crippen LogP contribution in [0, 0.1) is 12.7 Å². The first-order valence-corrected chi connectivity index (χ1v) is 4.85.